The monoisotopic (exact) mass is 346 g/mol. The second kappa shape index (κ2) is 7.70. The Morgan fingerprint density at radius 1 is 0.560 bits per heavy atom. The molecule has 25 heavy (non-hydrogen) atoms. The zero-order valence-electron chi connectivity index (χ0n) is 12.4. The number of carbonyl (C=O) groups excluding carboxylic acids is 2. The van der Waals surface area contributed by atoms with Crippen molar-refractivity contribution in [2.75, 3.05) is 0 Å². The summed E-state index contributed by atoms with van der Waals surface area (Å²) in [5, 5.41) is 21.6. The van der Waals surface area contributed by atoms with E-state index in [0.717, 1.165) is 0 Å². The molecule has 0 aliphatic rings. The highest BCUT2D eigenvalue weighted by molar-refractivity contribution is 5.93. The number of benzene rings is 2. The molecule has 0 fully saturated rings. The summed E-state index contributed by atoms with van der Waals surface area (Å²) < 4.78 is 0. The minimum absolute atomic E-state index is 0.0197. The molecule has 0 saturated heterocycles. The minimum Gasteiger partial charge on any atom is -0.478 e. The molecule has 0 aliphatic heterocycles. The number of hydrogen-bond donors (Lipinski definition) is 2. The van der Waals surface area contributed by atoms with Crippen molar-refractivity contribution in [1.29, 1.82) is 0 Å². The standard InChI is InChI=1S/C16H10O9/c17-13(18)9-1-5-11(6-2-9)15(21)23-25-24-16(22)12-7-3-10(4-8-12)14(19)20/h1-8H,(H,17,18)(H,19,20). The van der Waals surface area contributed by atoms with Crippen LogP contribution in [-0.2, 0) is 14.8 Å². The smallest absolute Gasteiger partial charge is 0.377 e. The first-order valence-corrected chi connectivity index (χ1v) is 6.65. The first kappa shape index (κ1) is 17.6. The molecule has 0 aliphatic carbocycles. The van der Waals surface area contributed by atoms with Crippen LogP contribution in [0.15, 0.2) is 48.5 Å². The molecule has 9 heteroatoms. The lowest BCUT2D eigenvalue weighted by atomic mass is 10.1. The number of hydrogen-bond acceptors (Lipinski definition) is 7. The number of rotatable bonds is 6. The summed E-state index contributed by atoms with van der Waals surface area (Å²) in [7, 11) is 0. The first-order chi connectivity index (χ1) is 11.9. The van der Waals surface area contributed by atoms with Gasteiger partial charge in [-0.1, -0.05) is 0 Å². The van der Waals surface area contributed by atoms with E-state index in [0.29, 0.717) is 0 Å². The maximum atomic E-state index is 11.6. The van der Waals surface area contributed by atoms with Crippen LogP contribution in [0, 0.1) is 0 Å². The topological polar surface area (TPSA) is 136 Å². The van der Waals surface area contributed by atoms with Gasteiger partial charge in [-0.2, -0.15) is 0 Å². The van der Waals surface area contributed by atoms with Gasteiger partial charge in [0.2, 0.25) is 0 Å². The van der Waals surface area contributed by atoms with Crippen molar-refractivity contribution >= 4 is 23.9 Å². The number of carbonyl (C=O) groups is 4. The van der Waals surface area contributed by atoms with Gasteiger partial charge in [-0.15, -0.1) is 0 Å². The average molecular weight is 346 g/mol. The highest BCUT2D eigenvalue weighted by atomic mass is 17.5. The van der Waals surface area contributed by atoms with Gasteiger partial charge in [0.15, 0.2) is 0 Å². The van der Waals surface area contributed by atoms with Gasteiger partial charge in [-0.25, -0.2) is 19.2 Å². The Hall–Kier alpha value is -3.72. The molecule has 0 atom stereocenters. The third-order valence-electron chi connectivity index (χ3n) is 2.95. The molecular formula is C16H10O9. The third kappa shape index (κ3) is 4.62. The summed E-state index contributed by atoms with van der Waals surface area (Å²) >= 11 is 0. The molecule has 0 aromatic heterocycles. The van der Waals surface area contributed by atoms with E-state index in [9.17, 15) is 19.2 Å². The molecule has 0 radical (unpaired) electrons. The molecular weight excluding hydrogens is 336 g/mol. The lowest BCUT2D eigenvalue weighted by Crippen LogP contribution is -2.11. The molecule has 0 amide bonds. The Morgan fingerprint density at radius 3 is 1.12 bits per heavy atom. The van der Waals surface area contributed by atoms with Crippen molar-refractivity contribution in [2.45, 2.75) is 0 Å². The van der Waals surface area contributed by atoms with E-state index in [4.69, 9.17) is 10.2 Å². The van der Waals surface area contributed by atoms with Crippen LogP contribution in [-0.4, -0.2) is 34.1 Å². The van der Waals surface area contributed by atoms with Crippen LogP contribution in [0.25, 0.3) is 0 Å². The van der Waals surface area contributed by atoms with Crippen LogP contribution in [0.2, 0.25) is 0 Å². The Bertz CT molecular complexity index is 737. The fourth-order valence-electron chi connectivity index (χ4n) is 1.67. The Labute approximate surface area is 139 Å². The quantitative estimate of drug-likeness (QED) is 0.593. The van der Waals surface area contributed by atoms with E-state index in [-0.39, 0.29) is 22.3 Å². The lowest BCUT2D eigenvalue weighted by Gasteiger charge is -2.03. The van der Waals surface area contributed by atoms with Crippen molar-refractivity contribution in [2.24, 2.45) is 0 Å². The normalized spacial score (nSPS) is 9.92. The number of carboxylic acid groups (broad SMARTS) is 2. The zero-order valence-corrected chi connectivity index (χ0v) is 12.4. The maximum absolute atomic E-state index is 11.6. The van der Waals surface area contributed by atoms with Crippen LogP contribution in [0.3, 0.4) is 0 Å². The van der Waals surface area contributed by atoms with Crippen molar-refractivity contribution in [3.05, 3.63) is 70.8 Å². The molecule has 9 nitrogen and oxygen atoms in total. The van der Waals surface area contributed by atoms with Gasteiger partial charge in [0, 0.05) is 5.04 Å². The van der Waals surface area contributed by atoms with Crippen LogP contribution in [0.5, 0.6) is 0 Å². The fourth-order valence-corrected chi connectivity index (χ4v) is 1.67. The summed E-state index contributed by atoms with van der Waals surface area (Å²) in [5.41, 5.74) is -0.0823. The van der Waals surface area contributed by atoms with E-state index >= 15 is 0 Å². The van der Waals surface area contributed by atoms with Gasteiger partial charge in [-0.05, 0) is 48.5 Å². The molecule has 0 bridgehead atoms. The largest absolute Gasteiger partial charge is 0.478 e. The van der Waals surface area contributed by atoms with Gasteiger partial charge >= 0.3 is 23.9 Å². The fraction of sp³-hybridized carbons (Fsp3) is 0. The predicted molar refractivity (Wildman–Crippen MR) is 78.7 cm³/mol. The Kier molecular flexibility index (Phi) is 5.43. The summed E-state index contributed by atoms with van der Waals surface area (Å²) in [6.07, 6.45) is 0. The molecule has 0 saturated carbocycles. The van der Waals surface area contributed by atoms with Crippen molar-refractivity contribution < 1.29 is 44.2 Å². The van der Waals surface area contributed by atoms with Crippen molar-refractivity contribution in [3.8, 4) is 0 Å². The second-order valence-corrected chi connectivity index (χ2v) is 4.57. The van der Waals surface area contributed by atoms with E-state index in [1.807, 2.05) is 0 Å². The maximum Gasteiger partial charge on any atom is 0.377 e. The van der Waals surface area contributed by atoms with E-state index in [2.05, 4.69) is 14.8 Å². The van der Waals surface area contributed by atoms with Gasteiger partial charge < -0.3 is 10.2 Å². The number of carboxylic acids is 2. The molecule has 2 aromatic carbocycles. The Balaban J connectivity index is 1.86. The first-order valence-electron chi connectivity index (χ1n) is 6.65. The Morgan fingerprint density at radius 2 is 0.840 bits per heavy atom. The second-order valence-electron chi connectivity index (χ2n) is 4.57. The van der Waals surface area contributed by atoms with Crippen molar-refractivity contribution in [3.63, 3.8) is 0 Å². The molecule has 0 spiro atoms. The van der Waals surface area contributed by atoms with Gasteiger partial charge in [-0.3, -0.25) is 9.78 Å². The molecule has 2 N–H and O–H groups in total. The summed E-state index contributed by atoms with van der Waals surface area (Å²) in [4.78, 5) is 53.1. The molecule has 128 valence electrons. The van der Waals surface area contributed by atoms with Crippen molar-refractivity contribution in [1.82, 2.24) is 0 Å². The van der Waals surface area contributed by atoms with E-state index < -0.39 is 23.9 Å². The molecule has 0 heterocycles. The highest BCUT2D eigenvalue weighted by Gasteiger charge is 2.14. The van der Waals surface area contributed by atoms with Crippen LogP contribution in [0.4, 0.5) is 0 Å². The number of aromatic carboxylic acids is 2. The van der Waals surface area contributed by atoms with Crippen LogP contribution < -0.4 is 0 Å². The zero-order chi connectivity index (χ0) is 18.4. The minimum atomic E-state index is -1.15. The molecule has 2 rings (SSSR count). The third-order valence-corrected chi connectivity index (χ3v) is 2.95. The SMILES string of the molecule is O=C(O)c1ccc(C(=O)OOOC(=O)c2ccc(C(=O)O)cc2)cc1. The summed E-state index contributed by atoms with van der Waals surface area (Å²) in [6, 6.07) is 9.54. The van der Waals surface area contributed by atoms with Crippen LogP contribution >= 0.6 is 0 Å². The van der Waals surface area contributed by atoms with Crippen LogP contribution in [0.1, 0.15) is 41.4 Å². The van der Waals surface area contributed by atoms with E-state index in [1.165, 1.54) is 48.5 Å². The van der Waals surface area contributed by atoms with Gasteiger partial charge in [0.05, 0.1) is 22.3 Å². The predicted octanol–water partition coefficient (Wildman–Crippen LogP) is 1.94. The highest BCUT2D eigenvalue weighted by Crippen LogP contribution is 2.09. The average Bonchev–Trinajstić information content (AvgIpc) is 2.61. The molecule has 2 aromatic rings. The molecule has 0 unspecified atom stereocenters. The summed E-state index contributed by atoms with van der Waals surface area (Å²) in [5.74, 6) is -4.32. The van der Waals surface area contributed by atoms with Gasteiger partial charge in [0.1, 0.15) is 0 Å². The van der Waals surface area contributed by atoms with Gasteiger partial charge in [0.25, 0.3) is 0 Å². The lowest BCUT2D eigenvalue weighted by molar-refractivity contribution is -0.446. The van der Waals surface area contributed by atoms with E-state index in [1.54, 1.807) is 0 Å². The summed E-state index contributed by atoms with van der Waals surface area (Å²) in [6.45, 7) is 0.